The first-order valence-electron chi connectivity index (χ1n) is 2.01. The molecule has 0 amide bonds. The van der Waals surface area contributed by atoms with E-state index < -0.39 is 7.51 Å². The summed E-state index contributed by atoms with van der Waals surface area (Å²) in [5.74, 6) is 0. The van der Waals surface area contributed by atoms with Crippen LogP contribution >= 0.6 is 19.7 Å². The molecule has 0 saturated carbocycles. The van der Waals surface area contributed by atoms with Crippen molar-refractivity contribution in [1.29, 1.82) is 0 Å². The Morgan fingerprint density at radius 3 is 2.20 bits per heavy atom. The van der Waals surface area contributed by atoms with Crippen molar-refractivity contribution < 1.29 is 9.79 Å². The molecule has 56 valence electrons. The zero-order chi connectivity index (χ0) is 7.49. The Kier molecular flexibility index (Phi) is 7.37. The number of hydrogen-bond donors (Lipinski definition) is 4. The van der Waals surface area contributed by atoms with E-state index in [9.17, 15) is 0 Å². The summed E-state index contributed by atoms with van der Waals surface area (Å²) in [5.41, 5.74) is 6.99. The second-order valence-corrected chi connectivity index (χ2v) is 3.82. The molecule has 5 N–H and O–H groups in total. The van der Waals surface area contributed by atoms with Crippen molar-refractivity contribution in [2.75, 3.05) is 6.66 Å². The van der Waals surface area contributed by atoms with Gasteiger partial charge in [-0.3, -0.25) is 5.43 Å². The third-order valence-electron chi connectivity index (χ3n) is 0.350. The van der Waals surface area contributed by atoms with Crippen molar-refractivity contribution in [2.24, 2.45) is 10.6 Å². The van der Waals surface area contributed by atoms with Gasteiger partial charge in [0.1, 0.15) is 0 Å². The van der Waals surface area contributed by atoms with Gasteiger partial charge in [-0.2, -0.15) is 0 Å². The first kappa shape index (κ1) is 13.4. The number of thiocarbonyl (C=S) groups is 1. The summed E-state index contributed by atoms with van der Waals surface area (Å²) in [5, 5.41) is -0.0793. The maximum absolute atomic E-state index is 8.59. The zero-order valence-electron chi connectivity index (χ0n) is 4.77. The Morgan fingerprint density at radius 2 is 2.10 bits per heavy atom. The minimum atomic E-state index is -3.12. The topological polar surface area (TPSA) is 90.9 Å². The number of nitrogens with one attached hydrogen (secondary N) is 1. The molecular formula is C2H9N3NaO2PS. The van der Waals surface area contributed by atoms with Gasteiger partial charge < -0.3 is 15.5 Å². The van der Waals surface area contributed by atoms with Gasteiger partial charge in [0.05, 0.1) is 0 Å². The number of nitrogens with two attached hydrogens (primary N) is 1. The van der Waals surface area contributed by atoms with Gasteiger partial charge >= 0.3 is 29.6 Å². The van der Waals surface area contributed by atoms with Crippen molar-refractivity contribution in [1.82, 2.24) is 5.43 Å². The van der Waals surface area contributed by atoms with Crippen molar-refractivity contribution >= 4 is 54.4 Å². The van der Waals surface area contributed by atoms with Crippen LogP contribution in [0.5, 0.6) is 0 Å². The van der Waals surface area contributed by atoms with Crippen molar-refractivity contribution in [3.63, 3.8) is 0 Å². The Hall–Kier alpha value is 0.840. The summed E-state index contributed by atoms with van der Waals surface area (Å²) in [6, 6.07) is 0. The van der Waals surface area contributed by atoms with Crippen molar-refractivity contribution in [2.45, 2.75) is 0 Å². The van der Waals surface area contributed by atoms with Crippen LogP contribution in [0, 0.1) is 0 Å². The summed E-state index contributed by atoms with van der Waals surface area (Å²) in [6.07, 6.45) is 0. The predicted molar refractivity (Wildman–Crippen MR) is 46.8 cm³/mol. The predicted octanol–water partition coefficient (Wildman–Crippen LogP) is -1.27. The Morgan fingerprint density at radius 1 is 1.70 bits per heavy atom. The molecule has 0 bridgehead atoms. The molecule has 0 atom stereocenters. The number of rotatable bonds is 1. The van der Waals surface area contributed by atoms with Crippen molar-refractivity contribution in [3.05, 3.63) is 0 Å². The average Bonchev–Trinajstić information content (AvgIpc) is 1.59. The van der Waals surface area contributed by atoms with Crippen LogP contribution in [0.15, 0.2) is 4.85 Å². The van der Waals surface area contributed by atoms with E-state index in [1.807, 2.05) is 0 Å². The van der Waals surface area contributed by atoms with Gasteiger partial charge in [-0.25, -0.2) is 0 Å². The molecule has 5 nitrogen and oxygen atoms in total. The summed E-state index contributed by atoms with van der Waals surface area (Å²) in [7, 11) is -3.12. The molecule has 0 aliphatic carbocycles. The van der Waals surface area contributed by atoms with E-state index in [2.05, 4.69) is 22.5 Å². The Balaban J connectivity index is 0. The molecule has 8 heteroatoms. The fourth-order valence-corrected chi connectivity index (χ4v) is 0.554. The monoisotopic (exact) mass is 193 g/mol. The van der Waals surface area contributed by atoms with Gasteiger partial charge in [0.2, 0.25) is 7.51 Å². The van der Waals surface area contributed by atoms with Crippen LogP contribution in [0.4, 0.5) is 0 Å². The molecule has 0 rings (SSSR count). The molecule has 0 aromatic rings. The van der Waals surface area contributed by atoms with E-state index in [4.69, 9.17) is 15.5 Å². The fraction of sp³-hybridized carbons (Fsp3) is 0.500. The van der Waals surface area contributed by atoms with E-state index in [1.165, 1.54) is 6.66 Å². The molecule has 10 heavy (non-hydrogen) atoms. The molecule has 0 heterocycles. The Bertz CT molecular complexity index is 160. The van der Waals surface area contributed by atoms with Gasteiger partial charge in [0.25, 0.3) is 0 Å². The van der Waals surface area contributed by atoms with E-state index in [0.29, 0.717) is 0 Å². The third-order valence-corrected chi connectivity index (χ3v) is 0.920. The summed E-state index contributed by atoms with van der Waals surface area (Å²) in [6.45, 7) is 1.18. The Labute approximate surface area is 86.5 Å². The van der Waals surface area contributed by atoms with Gasteiger partial charge in [-0.05, 0) is 12.2 Å². The van der Waals surface area contributed by atoms with Crippen LogP contribution in [0.1, 0.15) is 0 Å². The summed E-state index contributed by atoms with van der Waals surface area (Å²) < 4.78 is 0. The normalized spacial score (nSPS) is 9.50. The second-order valence-electron chi connectivity index (χ2n) is 1.44. The first-order valence-corrected chi connectivity index (χ1v) is 4.52. The molecular weight excluding hydrogens is 184 g/mol. The zero-order valence-corrected chi connectivity index (χ0v) is 6.49. The summed E-state index contributed by atoms with van der Waals surface area (Å²) in [4.78, 5) is 20.3. The molecule has 0 aliphatic rings. The van der Waals surface area contributed by atoms with Crippen LogP contribution in [0.25, 0.3) is 0 Å². The number of hydrogen-bond acceptors (Lipinski definition) is 2. The maximum atomic E-state index is 8.59. The summed E-state index contributed by atoms with van der Waals surface area (Å²) >= 11 is 4.33. The van der Waals surface area contributed by atoms with E-state index in [1.54, 1.807) is 0 Å². The molecule has 0 fully saturated rings. The molecule has 0 spiro atoms. The fourth-order valence-electron chi connectivity index (χ4n) is 0.144. The second kappa shape index (κ2) is 5.49. The van der Waals surface area contributed by atoms with Crippen LogP contribution in [-0.2, 0) is 0 Å². The van der Waals surface area contributed by atoms with E-state index >= 15 is 0 Å². The molecule has 0 aromatic carbocycles. The number of nitrogens with zero attached hydrogens (tertiary/aromatic N) is 1. The molecule has 0 unspecified atom stereocenters. The molecule has 0 radical (unpaired) electrons. The van der Waals surface area contributed by atoms with Gasteiger partial charge in [0, 0.05) is 6.66 Å². The van der Waals surface area contributed by atoms with Crippen LogP contribution < -0.4 is 11.2 Å². The van der Waals surface area contributed by atoms with Crippen LogP contribution in [-0.4, -0.2) is 51.1 Å². The van der Waals surface area contributed by atoms with Gasteiger partial charge in [0.15, 0.2) is 5.11 Å². The van der Waals surface area contributed by atoms with Crippen molar-refractivity contribution in [3.8, 4) is 0 Å². The third kappa shape index (κ3) is 11.6. The minimum absolute atomic E-state index is 0. The molecule has 0 aliphatic heterocycles. The quantitative estimate of drug-likeness (QED) is 0.180. The molecule has 0 saturated heterocycles. The van der Waals surface area contributed by atoms with Gasteiger partial charge in [-0.15, -0.1) is 4.85 Å². The van der Waals surface area contributed by atoms with Crippen LogP contribution in [0.3, 0.4) is 0 Å². The van der Waals surface area contributed by atoms with Crippen LogP contribution in [0.2, 0.25) is 0 Å². The molecule has 0 aromatic heterocycles. The first-order chi connectivity index (χ1) is 3.92. The van der Waals surface area contributed by atoms with Gasteiger partial charge in [-0.1, -0.05) is 0 Å². The SMILES string of the molecule is CP(O)(O)=NNC(N)=S.[NaH]. The van der Waals surface area contributed by atoms with E-state index in [0.717, 1.165) is 0 Å². The average molecular weight is 193 g/mol. The standard InChI is InChI=1S/C2H8N3O2PS.Na.H/c1-8(6,7)5-4-2(3)9;;/h6-7H,1H3,(H3,3,4,9);;. The van der Waals surface area contributed by atoms with E-state index in [-0.39, 0.29) is 34.7 Å².